The Morgan fingerprint density at radius 2 is 2.00 bits per heavy atom. The van der Waals surface area contributed by atoms with Crippen LogP contribution in [0.2, 0.25) is 5.02 Å². The molecule has 0 aliphatic carbocycles. The zero-order chi connectivity index (χ0) is 22.1. The molecule has 2 heterocycles. The fourth-order valence-electron chi connectivity index (χ4n) is 4.08. The minimum absolute atomic E-state index is 0.00317. The maximum atomic E-state index is 13.9. The van der Waals surface area contributed by atoms with Crippen molar-refractivity contribution in [1.29, 1.82) is 0 Å². The molecule has 2 unspecified atom stereocenters. The predicted molar refractivity (Wildman–Crippen MR) is 112 cm³/mol. The van der Waals surface area contributed by atoms with Crippen LogP contribution in [-0.4, -0.2) is 48.1 Å². The second-order valence-electron chi connectivity index (χ2n) is 7.48. The quantitative estimate of drug-likeness (QED) is 0.426. The highest BCUT2D eigenvalue weighted by Gasteiger charge is 2.47. The number of aliphatic hydroxyl groups is 1. The van der Waals surface area contributed by atoms with E-state index in [0.717, 1.165) is 18.9 Å². The molecule has 2 atom stereocenters. The van der Waals surface area contributed by atoms with Gasteiger partial charge in [-0.3, -0.25) is 9.59 Å². The van der Waals surface area contributed by atoms with Gasteiger partial charge in [0.25, 0.3) is 11.7 Å². The van der Waals surface area contributed by atoms with Gasteiger partial charge < -0.3 is 19.5 Å². The van der Waals surface area contributed by atoms with Crippen LogP contribution in [0.4, 0.5) is 4.39 Å². The lowest BCUT2D eigenvalue weighted by atomic mass is 9.95. The van der Waals surface area contributed by atoms with Crippen molar-refractivity contribution in [2.24, 2.45) is 0 Å². The van der Waals surface area contributed by atoms with E-state index in [1.54, 1.807) is 24.3 Å². The fourth-order valence-corrected chi connectivity index (χ4v) is 4.20. The first kappa shape index (κ1) is 21.3. The smallest absolute Gasteiger partial charge is 0.295 e. The fraction of sp³-hybridized carbons (Fsp3) is 0.304. The Bertz CT molecular complexity index is 1050. The zero-order valence-corrected chi connectivity index (χ0v) is 17.6. The number of halogens is 2. The van der Waals surface area contributed by atoms with Gasteiger partial charge in [-0.2, -0.15) is 0 Å². The molecule has 2 aromatic carbocycles. The Balaban J connectivity index is 1.87. The molecule has 4 rings (SSSR count). The number of ether oxygens (including phenoxy) is 2. The van der Waals surface area contributed by atoms with E-state index < -0.39 is 29.3 Å². The molecule has 2 aliphatic heterocycles. The number of methoxy groups -OCH3 is 1. The molecule has 162 valence electrons. The Morgan fingerprint density at radius 1 is 1.26 bits per heavy atom. The molecule has 0 aromatic heterocycles. The molecule has 1 amide bonds. The molecule has 0 bridgehead atoms. The van der Waals surface area contributed by atoms with Gasteiger partial charge in [0.15, 0.2) is 0 Å². The molecule has 2 aromatic rings. The maximum Gasteiger partial charge on any atom is 0.295 e. The van der Waals surface area contributed by atoms with E-state index >= 15 is 0 Å². The molecule has 2 saturated heterocycles. The number of aliphatic hydroxyl groups excluding tert-OH is 1. The minimum atomic E-state index is -0.866. The Kier molecular flexibility index (Phi) is 5.98. The minimum Gasteiger partial charge on any atom is -0.507 e. The number of hydrogen-bond donors (Lipinski definition) is 1. The summed E-state index contributed by atoms with van der Waals surface area (Å²) in [4.78, 5) is 27.4. The van der Waals surface area contributed by atoms with E-state index in [2.05, 4.69) is 0 Å². The van der Waals surface area contributed by atoms with Crippen LogP contribution >= 0.6 is 11.6 Å². The third-order valence-corrected chi connectivity index (χ3v) is 5.82. The summed E-state index contributed by atoms with van der Waals surface area (Å²) >= 11 is 6.01. The van der Waals surface area contributed by atoms with Crippen LogP contribution < -0.4 is 4.74 Å². The molecule has 2 aliphatic rings. The molecule has 0 saturated carbocycles. The van der Waals surface area contributed by atoms with Crippen LogP contribution in [0.25, 0.3) is 5.76 Å². The largest absolute Gasteiger partial charge is 0.507 e. The predicted octanol–water partition coefficient (Wildman–Crippen LogP) is 4.09. The monoisotopic (exact) mass is 445 g/mol. The van der Waals surface area contributed by atoms with Gasteiger partial charge >= 0.3 is 0 Å². The highest BCUT2D eigenvalue weighted by molar-refractivity contribution is 6.46. The van der Waals surface area contributed by atoms with E-state index in [0.29, 0.717) is 17.2 Å². The van der Waals surface area contributed by atoms with Gasteiger partial charge in [0.2, 0.25) is 0 Å². The third-order valence-electron chi connectivity index (χ3n) is 5.57. The molecule has 8 heteroatoms. The SMILES string of the molecule is COc1ccc(F)cc1/C(O)=C1\C(=O)C(=O)N(CC2CCCO2)C1c1ccc(Cl)cc1. The van der Waals surface area contributed by atoms with E-state index in [4.69, 9.17) is 21.1 Å². The van der Waals surface area contributed by atoms with Gasteiger partial charge in [-0.25, -0.2) is 4.39 Å². The number of Topliss-reactive ketones (excluding diaryl/α,β-unsaturated/α-hetero) is 1. The molecule has 6 nitrogen and oxygen atoms in total. The van der Waals surface area contributed by atoms with Crippen molar-refractivity contribution in [3.8, 4) is 5.75 Å². The number of benzene rings is 2. The van der Waals surface area contributed by atoms with Crippen LogP contribution in [0.15, 0.2) is 48.0 Å². The molecule has 31 heavy (non-hydrogen) atoms. The van der Waals surface area contributed by atoms with Gasteiger partial charge in [-0.1, -0.05) is 23.7 Å². The van der Waals surface area contributed by atoms with Crippen LogP contribution in [-0.2, 0) is 14.3 Å². The van der Waals surface area contributed by atoms with Crippen molar-refractivity contribution in [3.63, 3.8) is 0 Å². The summed E-state index contributed by atoms with van der Waals surface area (Å²) < 4.78 is 24.8. The van der Waals surface area contributed by atoms with E-state index in [9.17, 15) is 19.1 Å². The summed E-state index contributed by atoms with van der Waals surface area (Å²) in [6.45, 7) is 0.801. The van der Waals surface area contributed by atoms with Crippen molar-refractivity contribution >= 4 is 29.1 Å². The number of hydrogen-bond acceptors (Lipinski definition) is 5. The summed E-state index contributed by atoms with van der Waals surface area (Å²) in [6, 6.07) is 9.41. The number of ketones is 1. The first-order valence-corrected chi connectivity index (χ1v) is 10.3. The first-order valence-electron chi connectivity index (χ1n) is 9.90. The van der Waals surface area contributed by atoms with Gasteiger partial charge in [0, 0.05) is 18.2 Å². The lowest BCUT2D eigenvalue weighted by molar-refractivity contribution is -0.140. The number of nitrogens with zero attached hydrogens (tertiary/aromatic N) is 1. The summed E-state index contributed by atoms with van der Waals surface area (Å²) in [5.74, 6) is -2.52. The molecular formula is C23H21ClFNO5. The van der Waals surface area contributed by atoms with Crippen molar-refractivity contribution in [1.82, 2.24) is 4.90 Å². The van der Waals surface area contributed by atoms with E-state index in [1.807, 2.05) is 0 Å². The highest BCUT2D eigenvalue weighted by Crippen LogP contribution is 2.41. The lowest BCUT2D eigenvalue weighted by Crippen LogP contribution is -2.36. The molecule has 1 N–H and O–H groups in total. The maximum absolute atomic E-state index is 13.9. The summed E-state index contributed by atoms with van der Waals surface area (Å²) in [6.07, 6.45) is 1.45. The normalized spacial score (nSPS) is 22.9. The van der Waals surface area contributed by atoms with Crippen LogP contribution in [0.5, 0.6) is 5.75 Å². The van der Waals surface area contributed by atoms with Gasteiger partial charge in [0.05, 0.1) is 30.4 Å². The Morgan fingerprint density at radius 3 is 2.65 bits per heavy atom. The molecule has 0 radical (unpaired) electrons. The summed E-state index contributed by atoms with van der Waals surface area (Å²) in [5, 5.41) is 11.6. The lowest BCUT2D eigenvalue weighted by Gasteiger charge is -2.27. The van der Waals surface area contributed by atoms with Crippen LogP contribution in [0.1, 0.15) is 30.0 Å². The Hall–Kier alpha value is -2.90. The van der Waals surface area contributed by atoms with Gasteiger partial charge in [0.1, 0.15) is 17.3 Å². The number of likely N-dealkylation sites (tertiary alicyclic amines) is 1. The summed E-state index contributed by atoms with van der Waals surface area (Å²) in [5.41, 5.74) is 0.462. The van der Waals surface area contributed by atoms with Crippen molar-refractivity contribution in [3.05, 3.63) is 70.0 Å². The number of amides is 1. The second kappa shape index (κ2) is 8.69. The van der Waals surface area contributed by atoms with E-state index in [1.165, 1.54) is 24.1 Å². The van der Waals surface area contributed by atoms with Crippen molar-refractivity contribution < 1.29 is 28.6 Å². The average molecular weight is 446 g/mol. The first-order chi connectivity index (χ1) is 14.9. The Labute approximate surface area is 183 Å². The number of rotatable bonds is 5. The molecule has 0 spiro atoms. The van der Waals surface area contributed by atoms with E-state index in [-0.39, 0.29) is 29.5 Å². The molecule has 2 fully saturated rings. The second-order valence-corrected chi connectivity index (χ2v) is 7.92. The topological polar surface area (TPSA) is 76.1 Å². The standard InChI is InChI=1S/C23H21ClFNO5/c1-30-18-9-8-15(25)11-17(18)21(27)19-20(13-4-6-14(24)7-5-13)26(23(29)22(19)28)12-16-3-2-10-31-16/h4-9,11,16,20,27H,2-3,10,12H2,1H3/b21-19+. The number of carbonyl (C=O) groups excluding carboxylic acids is 2. The third kappa shape index (κ3) is 4.03. The highest BCUT2D eigenvalue weighted by atomic mass is 35.5. The zero-order valence-electron chi connectivity index (χ0n) is 16.8. The van der Waals surface area contributed by atoms with Crippen molar-refractivity contribution in [2.45, 2.75) is 25.0 Å². The van der Waals surface area contributed by atoms with Gasteiger partial charge in [-0.15, -0.1) is 0 Å². The van der Waals surface area contributed by atoms with Crippen LogP contribution in [0, 0.1) is 5.82 Å². The van der Waals surface area contributed by atoms with Crippen LogP contribution in [0.3, 0.4) is 0 Å². The van der Waals surface area contributed by atoms with Crippen molar-refractivity contribution in [2.75, 3.05) is 20.3 Å². The average Bonchev–Trinajstić information content (AvgIpc) is 3.36. The van der Waals surface area contributed by atoms with Gasteiger partial charge in [-0.05, 0) is 48.7 Å². The summed E-state index contributed by atoms with van der Waals surface area (Å²) in [7, 11) is 1.37. The molecular weight excluding hydrogens is 425 g/mol. The number of carbonyl (C=O) groups is 2.